The minimum Gasteiger partial charge on any atom is -0.372 e. The molecule has 1 spiro atoms. The molecule has 26 heavy (non-hydrogen) atoms. The topological polar surface area (TPSA) is 62.7 Å². The number of methoxy groups -OCH3 is 1. The van der Waals surface area contributed by atoms with E-state index in [9.17, 15) is 9.59 Å². The minimum absolute atomic E-state index is 0.0602. The maximum Gasteiger partial charge on any atom is 0.254 e. The summed E-state index contributed by atoms with van der Waals surface area (Å²) in [6.45, 7) is 8.85. The van der Waals surface area contributed by atoms with Gasteiger partial charge in [0.05, 0.1) is 0 Å². The summed E-state index contributed by atoms with van der Waals surface area (Å²) in [5.74, 6) is 0.176. The maximum atomic E-state index is 12.9. The molecule has 6 nitrogen and oxygen atoms in total. The highest BCUT2D eigenvalue weighted by atomic mass is 16.5. The highest BCUT2D eigenvalue weighted by Gasteiger charge is 2.51. The van der Waals surface area contributed by atoms with Crippen LogP contribution in [0.15, 0.2) is 12.4 Å². The maximum absolute atomic E-state index is 12.9. The molecule has 3 heterocycles. The van der Waals surface area contributed by atoms with Crippen molar-refractivity contribution in [2.24, 2.45) is 5.41 Å². The Morgan fingerprint density at radius 3 is 2.38 bits per heavy atom. The van der Waals surface area contributed by atoms with Gasteiger partial charge < -0.3 is 14.5 Å². The first-order valence-corrected chi connectivity index (χ1v) is 9.43. The van der Waals surface area contributed by atoms with Crippen LogP contribution in [-0.2, 0) is 9.53 Å². The van der Waals surface area contributed by atoms with E-state index in [4.69, 9.17) is 4.74 Å². The molecule has 0 radical (unpaired) electrons. The zero-order valence-electron chi connectivity index (χ0n) is 16.2. The van der Waals surface area contributed by atoms with Crippen molar-refractivity contribution >= 4 is 11.8 Å². The fraction of sp³-hybridized carbons (Fsp3) is 0.650. The fourth-order valence-corrected chi connectivity index (χ4v) is 4.29. The molecule has 0 saturated carbocycles. The van der Waals surface area contributed by atoms with Crippen molar-refractivity contribution < 1.29 is 14.3 Å². The SMILES string of the molecule is CCCC(OC)C(=O)N1CCC2(CN(C(=O)c3c(C)cncc3C)C2)C1. The van der Waals surface area contributed by atoms with Crippen LogP contribution in [0.1, 0.15) is 47.7 Å². The molecule has 2 saturated heterocycles. The first kappa shape index (κ1) is 18.8. The second-order valence-electron chi connectivity index (χ2n) is 7.83. The van der Waals surface area contributed by atoms with E-state index in [1.54, 1.807) is 19.5 Å². The molecule has 142 valence electrons. The van der Waals surface area contributed by atoms with Crippen molar-refractivity contribution in [1.82, 2.24) is 14.8 Å². The highest BCUT2D eigenvalue weighted by molar-refractivity contribution is 5.97. The Labute approximate surface area is 155 Å². The number of ether oxygens (including phenoxy) is 1. The van der Waals surface area contributed by atoms with Crippen molar-refractivity contribution in [3.8, 4) is 0 Å². The Bertz CT molecular complexity index is 677. The summed E-state index contributed by atoms with van der Waals surface area (Å²) >= 11 is 0. The van der Waals surface area contributed by atoms with Gasteiger partial charge in [-0.3, -0.25) is 14.6 Å². The lowest BCUT2D eigenvalue weighted by atomic mass is 9.78. The quantitative estimate of drug-likeness (QED) is 0.808. The van der Waals surface area contributed by atoms with E-state index in [0.717, 1.165) is 62.1 Å². The third-order valence-electron chi connectivity index (χ3n) is 5.74. The number of likely N-dealkylation sites (tertiary alicyclic amines) is 2. The number of pyridine rings is 1. The number of hydrogen-bond donors (Lipinski definition) is 0. The number of rotatable bonds is 5. The molecule has 0 N–H and O–H groups in total. The zero-order valence-corrected chi connectivity index (χ0v) is 16.2. The van der Waals surface area contributed by atoms with Gasteiger partial charge in [0.2, 0.25) is 0 Å². The smallest absolute Gasteiger partial charge is 0.254 e. The number of carbonyl (C=O) groups excluding carboxylic acids is 2. The average Bonchev–Trinajstić information content (AvgIpc) is 3.03. The van der Waals surface area contributed by atoms with Gasteiger partial charge in [-0.05, 0) is 37.8 Å². The van der Waals surface area contributed by atoms with Gasteiger partial charge in [0.1, 0.15) is 6.10 Å². The van der Waals surface area contributed by atoms with E-state index in [1.165, 1.54) is 0 Å². The van der Waals surface area contributed by atoms with E-state index in [1.807, 2.05) is 23.6 Å². The molecule has 2 fully saturated rings. The van der Waals surface area contributed by atoms with Gasteiger partial charge in [-0.1, -0.05) is 13.3 Å². The second-order valence-corrected chi connectivity index (χ2v) is 7.83. The van der Waals surface area contributed by atoms with Crippen LogP contribution in [0.2, 0.25) is 0 Å². The van der Waals surface area contributed by atoms with Gasteiger partial charge in [-0.25, -0.2) is 0 Å². The first-order valence-electron chi connectivity index (χ1n) is 9.43. The van der Waals surface area contributed by atoms with Crippen molar-refractivity contribution in [1.29, 1.82) is 0 Å². The predicted octanol–water partition coefficient (Wildman–Crippen LogP) is 2.19. The monoisotopic (exact) mass is 359 g/mol. The van der Waals surface area contributed by atoms with Crippen molar-refractivity contribution in [2.75, 3.05) is 33.3 Å². The van der Waals surface area contributed by atoms with Crippen LogP contribution in [0, 0.1) is 19.3 Å². The van der Waals surface area contributed by atoms with Gasteiger partial charge in [-0.2, -0.15) is 0 Å². The Morgan fingerprint density at radius 2 is 1.81 bits per heavy atom. The molecule has 0 aliphatic carbocycles. The number of carbonyl (C=O) groups is 2. The minimum atomic E-state index is -0.338. The van der Waals surface area contributed by atoms with E-state index in [-0.39, 0.29) is 23.3 Å². The van der Waals surface area contributed by atoms with Crippen LogP contribution in [0.4, 0.5) is 0 Å². The number of aryl methyl sites for hydroxylation is 2. The lowest BCUT2D eigenvalue weighted by Gasteiger charge is -2.48. The zero-order chi connectivity index (χ0) is 18.9. The molecule has 6 heteroatoms. The molecule has 2 amide bonds. The Morgan fingerprint density at radius 1 is 1.19 bits per heavy atom. The van der Waals surface area contributed by atoms with Crippen molar-refractivity contribution in [2.45, 2.75) is 46.1 Å². The van der Waals surface area contributed by atoms with Gasteiger partial charge in [0.25, 0.3) is 11.8 Å². The van der Waals surface area contributed by atoms with Gasteiger partial charge in [0, 0.05) is 56.7 Å². The number of amides is 2. The fourth-order valence-electron chi connectivity index (χ4n) is 4.29. The van der Waals surface area contributed by atoms with Crippen LogP contribution in [0.5, 0.6) is 0 Å². The third-order valence-corrected chi connectivity index (χ3v) is 5.74. The average molecular weight is 359 g/mol. The molecule has 2 aliphatic heterocycles. The number of hydrogen-bond acceptors (Lipinski definition) is 4. The summed E-state index contributed by atoms with van der Waals surface area (Å²) in [6.07, 6.45) is 5.78. The molecular weight excluding hydrogens is 330 g/mol. The van der Waals surface area contributed by atoms with E-state index >= 15 is 0 Å². The molecule has 1 aromatic rings. The third kappa shape index (κ3) is 3.34. The second kappa shape index (κ2) is 7.35. The summed E-state index contributed by atoms with van der Waals surface area (Å²) in [5.41, 5.74) is 2.66. The largest absolute Gasteiger partial charge is 0.372 e. The summed E-state index contributed by atoms with van der Waals surface area (Å²) in [7, 11) is 1.60. The Balaban J connectivity index is 1.61. The van der Waals surface area contributed by atoms with Crippen LogP contribution < -0.4 is 0 Å². The van der Waals surface area contributed by atoms with E-state index in [2.05, 4.69) is 11.9 Å². The number of nitrogens with zero attached hydrogens (tertiary/aromatic N) is 3. The van der Waals surface area contributed by atoms with Gasteiger partial charge >= 0.3 is 0 Å². The summed E-state index contributed by atoms with van der Waals surface area (Å²) in [5, 5.41) is 0. The predicted molar refractivity (Wildman–Crippen MR) is 98.9 cm³/mol. The summed E-state index contributed by atoms with van der Waals surface area (Å²) in [4.78, 5) is 33.5. The molecule has 0 aromatic carbocycles. The Hall–Kier alpha value is -1.95. The lowest BCUT2D eigenvalue weighted by Crippen LogP contribution is -2.60. The number of aromatic nitrogens is 1. The standard InChI is InChI=1S/C20H29N3O3/c1-5-6-16(26-4)18(24)22-8-7-20(11-22)12-23(13-20)19(25)17-14(2)9-21-10-15(17)3/h9-10,16H,5-8,11-13H2,1-4H3. The van der Waals surface area contributed by atoms with Gasteiger partial charge in [0.15, 0.2) is 0 Å². The molecule has 1 unspecified atom stereocenters. The normalized spacial score (nSPS) is 19.5. The van der Waals surface area contributed by atoms with Crippen LogP contribution >= 0.6 is 0 Å². The molecule has 2 aliphatic rings. The highest BCUT2D eigenvalue weighted by Crippen LogP contribution is 2.40. The van der Waals surface area contributed by atoms with E-state index in [0.29, 0.717) is 0 Å². The first-order chi connectivity index (χ1) is 12.4. The van der Waals surface area contributed by atoms with Gasteiger partial charge in [-0.15, -0.1) is 0 Å². The molecule has 3 rings (SSSR count). The van der Waals surface area contributed by atoms with Crippen molar-refractivity contribution in [3.63, 3.8) is 0 Å². The molecule has 1 atom stereocenters. The lowest BCUT2D eigenvalue weighted by molar-refractivity contribution is -0.142. The summed E-state index contributed by atoms with van der Waals surface area (Å²) < 4.78 is 5.37. The molecular formula is C20H29N3O3. The van der Waals surface area contributed by atoms with Crippen LogP contribution in [0.3, 0.4) is 0 Å². The Kier molecular flexibility index (Phi) is 5.32. The van der Waals surface area contributed by atoms with Crippen molar-refractivity contribution in [3.05, 3.63) is 29.1 Å². The molecule has 1 aromatic heterocycles. The van der Waals surface area contributed by atoms with Crippen LogP contribution in [-0.4, -0.2) is 66.0 Å². The summed E-state index contributed by atoms with van der Waals surface area (Å²) in [6, 6.07) is 0. The van der Waals surface area contributed by atoms with E-state index < -0.39 is 0 Å². The molecule has 0 bridgehead atoms. The van der Waals surface area contributed by atoms with Crippen LogP contribution in [0.25, 0.3) is 0 Å².